The molecule has 1 aliphatic carbocycles. The zero-order valence-electron chi connectivity index (χ0n) is 22.7. The number of nitrogen functional groups attached to an aromatic ring is 1. The maximum absolute atomic E-state index is 16.1. The molecular formula is C29H33FN4O6. The number of carbonyl (C=O) groups excluding carboxylic acids is 1. The number of nitrogens with two attached hydrogens (primary N) is 1. The van der Waals surface area contributed by atoms with Crippen LogP contribution in [0.5, 0.6) is 5.75 Å². The number of piperidine rings is 1. The van der Waals surface area contributed by atoms with E-state index in [0.717, 1.165) is 18.4 Å². The normalized spacial score (nSPS) is 18.5. The molecule has 10 nitrogen and oxygen atoms in total. The number of pyridine rings is 1. The highest BCUT2D eigenvalue weighted by Gasteiger charge is 2.42. The number of hydroxylamine groups is 2. The molecule has 1 aromatic heterocycles. The summed E-state index contributed by atoms with van der Waals surface area (Å²) in [5.74, 6) is -2.11. The van der Waals surface area contributed by atoms with Gasteiger partial charge in [0.2, 0.25) is 11.8 Å². The number of hydrogen-bond acceptors (Lipinski definition) is 7. The van der Waals surface area contributed by atoms with E-state index < -0.39 is 33.9 Å². The molecule has 2 aromatic carbocycles. The molecule has 0 spiro atoms. The number of aromatic nitrogens is 1. The maximum atomic E-state index is 16.1. The molecular weight excluding hydrogens is 519 g/mol. The third-order valence-corrected chi connectivity index (χ3v) is 7.88. The van der Waals surface area contributed by atoms with E-state index in [9.17, 15) is 19.5 Å². The fourth-order valence-corrected chi connectivity index (χ4v) is 5.76. The van der Waals surface area contributed by atoms with Gasteiger partial charge in [-0.25, -0.2) is 14.2 Å². The SMILES string of the molecule is COc1c(N2CCC(N(C=O)OCc3ccccc3)C(C)(C)C2)c(F)c(N)c2c(=O)c(C(=O)O)cn(C3CC3)c12. The van der Waals surface area contributed by atoms with E-state index in [-0.39, 0.29) is 41.0 Å². The van der Waals surface area contributed by atoms with Crippen molar-refractivity contribution in [3.63, 3.8) is 0 Å². The Labute approximate surface area is 230 Å². The van der Waals surface area contributed by atoms with Crippen molar-refractivity contribution in [2.24, 2.45) is 5.41 Å². The Morgan fingerprint density at radius 2 is 1.95 bits per heavy atom. The van der Waals surface area contributed by atoms with E-state index in [1.165, 1.54) is 18.4 Å². The van der Waals surface area contributed by atoms with Crippen LogP contribution in [-0.4, -0.2) is 53.4 Å². The van der Waals surface area contributed by atoms with Crippen molar-refractivity contribution in [3.05, 3.63) is 63.7 Å². The van der Waals surface area contributed by atoms with Crippen LogP contribution >= 0.6 is 0 Å². The number of ether oxygens (including phenoxy) is 1. The van der Waals surface area contributed by atoms with Crippen molar-refractivity contribution >= 4 is 34.7 Å². The first kappa shape index (κ1) is 27.4. The van der Waals surface area contributed by atoms with Crippen LogP contribution in [0.15, 0.2) is 41.3 Å². The molecule has 212 valence electrons. The molecule has 1 saturated heterocycles. The van der Waals surface area contributed by atoms with E-state index in [0.29, 0.717) is 25.9 Å². The van der Waals surface area contributed by atoms with Gasteiger partial charge in [-0.3, -0.25) is 14.4 Å². The molecule has 5 rings (SSSR count). The quantitative estimate of drug-likeness (QED) is 0.232. The van der Waals surface area contributed by atoms with E-state index in [2.05, 4.69) is 0 Å². The summed E-state index contributed by atoms with van der Waals surface area (Å²) >= 11 is 0. The second-order valence-corrected chi connectivity index (χ2v) is 11.1. The number of aromatic carboxylic acids is 1. The molecule has 2 fully saturated rings. The number of carboxylic acids is 1. The molecule has 2 aliphatic rings. The van der Waals surface area contributed by atoms with Gasteiger partial charge in [-0.15, -0.1) is 0 Å². The predicted molar refractivity (Wildman–Crippen MR) is 148 cm³/mol. The van der Waals surface area contributed by atoms with Gasteiger partial charge in [0.15, 0.2) is 11.6 Å². The number of rotatable bonds is 9. The minimum atomic E-state index is -1.40. The van der Waals surface area contributed by atoms with Crippen LogP contribution in [0.3, 0.4) is 0 Å². The number of carbonyl (C=O) groups is 2. The number of benzene rings is 2. The maximum Gasteiger partial charge on any atom is 0.341 e. The van der Waals surface area contributed by atoms with E-state index in [4.69, 9.17) is 15.3 Å². The molecule has 0 bridgehead atoms. The molecule has 1 atom stereocenters. The van der Waals surface area contributed by atoms with Gasteiger partial charge in [0.1, 0.15) is 17.9 Å². The van der Waals surface area contributed by atoms with Crippen LogP contribution in [0.4, 0.5) is 15.8 Å². The Bertz CT molecular complexity index is 1520. The fraction of sp³-hybridized carbons (Fsp3) is 0.414. The Morgan fingerprint density at radius 3 is 2.52 bits per heavy atom. The molecule has 3 aromatic rings. The van der Waals surface area contributed by atoms with Gasteiger partial charge in [-0.05, 0) is 24.8 Å². The third-order valence-electron chi connectivity index (χ3n) is 7.88. The summed E-state index contributed by atoms with van der Waals surface area (Å²) in [4.78, 5) is 44.7. The minimum absolute atomic E-state index is 0.0436. The first-order chi connectivity index (χ1) is 19.1. The van der Waals surface area contributed by atoms with Gasteiger partial charge in [-0.2, -0.15) is 0 Å². The Morgan fingerprint density at radius 1 is 1.25 bits per heavy atom. The average molecular weight is 553 g/mol. The number of fused-ring (bicyclic) bond motifs is 1. The van der Waals surface area contributed by atoms with Gasteiger partial charge < -0.3 is 25.0 Å². The zero-order valence-corrected chi connectivity index (χ0v) is 22.7. The third kappa shape index (κ3) is 4.74. The molecule has 2 heterocycles. The summed E-state index contributed by atoms with van der Waals surface area (Å²) in [6, 6.07) is 9.19. The molecule has 1 amide bonds. The van der Waals surface area contributed by atoms with Crippen LogP contribution in [-0.2, 0) is 16.2 Å². The Kier molecular flexibility index (Phi) is 7.17. The number of methoxy groups -OCH3 is 1. The van der Waals surface area contributed by atoms with Gasteiger partial charge in [-0.1, -0.05) is 44.2 Å². The lowest BCUT2D eigenvalue weighted by Crippen LogP contribution is -2.55. The lowest BCUT2D eigenvalue weighted by Gasteiger charge is -2.48. The summed E-state index contributed by atoms with van der Waals surface area (Å²) in [5.41, 5.74) is 5.29. The highest BCUT2D eigenvalue weighted by atomic mass is 19.1. The van der Waals surface area contributed by atoms with Crippen molar-refractivity contribution < 1.29 is 28.7 Å². The molecule has 0 radical (unpaired) electrons. The largest absolute Gasteiger partial charge is 0.492 e. The first-order valence-electron chi connectivity index (χ1n) is 13.2. The molecule has 40 heavy (non-hydrogen) atoms. The van der Waals surface area contributed by atoms with Crippen LogP contribution in [0, 0.1) is 11.2 Å². The second-order valence-electron chi connectivity index (χ2n) is 11.1. The van der Waals surface area contributed by atoms with Crippen molar-refractivity contribution in [3.8, 4) is 5.75 Å². The van der Waals surface area contributed by atoms with E-state index >= 15 is 4.39 Å². The summed E-state index contributed by atoms with van der Waals surface area (Å²) < 4.78 is 23.5. The zero-order chi connectivity index (χ0) is 28.8. The minimum Gasteiger partial charge on any atom is -0.492 e. The summed E-state index contributed by atoms with van der Waals surface area (Å²) in [6.45, 7) is 4.86. The monoisotopic (exact) mass is 552 g/mol. The lowest BCUT2D eigenvalue weighted by molar-refractivity contribution is -0.208. The highest BCUT2D eigenvalue weighted by Crippen LogP contribution is 2.47. The smallest absolute Gasteiger partial charge is 0.341 e. The van der Waals surface area contributed by atoms with Crippen LogP contribution in [0.2, 0.25) is 0 Å². The van der Waals surface area contributed by atoms with Crippen molar-refractivity contribution in [1.29, 1.82) is 0 Å². The summed E-state index contributed by atoms with van der Waals surface area (Å²) in [6.07, 6.45) is 4.02. The average Bonchev–Trinajstić information content (AvgIpc) is 3.77. The van der Waals surface area contributed by atoms with Gasteiger partial charge in [0, 0.05) is 30.7 Å². The number of hydrogen-bond donors (Lipinski definition) is 2. The van der Waals surface area contributed by atoms with Gasteiger partial charge >= 0.3 is 5.97 Å². The molecule has 1 saturated carbocycles. The molecule has 3 N–H and O–H groups in total. The summed E-state index contributed by atoms with van der Waals surface area (Å²) in [5, 5.41) is 10.8. The topological polar surface area (TPSA) is 127 Å². The van der Waals surface area contributed by atoms with E-state index in [1.54, 1.807) is 4.57 Å². The Balaban J connectivity index is 1.53. The van der Waals surface area contributed by atoms with Crippen LogP contribution in [0.1, 0.15) is 55.1 Å². The van der Waals surface area contributed by atoms with Crippen molar-refractivity contribution in [2.45, 2.75) is 51.8 Å². The number of nitrogens with zero attached hydrogens (tertiary/aromatic N) is 3. The lowest BCUT2D eigenvalue weighted by atomic mass is 9.78. The molecule has 1 aliphatic heterocycles. The van der Waals surface area contributed by atoms with Gasteiger partial charge in [0.25, 0.3) is 0 Å². The fourth-order valence-electron chi connectivity index (χ4n) is 5.76. The highest BCUT2D eigenvalue weighted by molar-refractivity contribution is 6.03. The number of carboxylic acid groups (broad SMARTS) is 1. The second kappa shape index (κ2) is 10.5. The van der Waals surface area contributed by atoms with E-state index in [1.807, 2.05) is 49.1 Å². The molecule has 11 heteroatoms. The number of amides is 1. The van der Waals surface area contributed by atoms with Crippen molar-refractivity contribution in [1.82, 2.24) is 9.63 Å². The predicted octanol–water partition coefficient (Wildman–Crippen LogP) is 3.96. The standard InChI is InChI=1S/C29H33FN4O6/c1-29(2)15-32(12-11-20(29)34(16-35)40-14-17-7-5-4-6-8-17)25-22(30)23(31)21-24(27(25)39-3)33(18-9-10-18)13-19(26(21)36)28(37)38/h4-8,13,16,18,20H,9-12,14-15,31H2,1-3H3,(H,37,38). The van der Waals surface area contributed by atoms with Crippen LogP contribution in [0.25, 0.3) is 10.9 Å². The first-order valence-corrected chi connectivity index (χ1v) is 13.2. The van der Waals surface area contributed by atoms with Gasteiger partial charge in [0.05, 0.1) is 29.7 Å². The summed E-state index contributed by atoms with van der Waals surface area (Å²) in [7, 11) is 1.39. The number of anilines is 2. The molecule has 1 unspecified atom stereocenters. The van der Waals surface area contributed by atoms with Crippen LogP contribution < -0.4 is 20.8 Å². The Hall–Kier alpha value is -4.12. The van der Waals surface area contributed by atoms with Crippen molar-refractivity contribution in [2.75, 3.05) is 30.8 Å². The number of halogens is 1.